The molecule has 0 fully saturated rings. The largest absolute Gasteiger partial charge is 0.497 e. The van der Waals surface area contributed by atoms with E-state index in [9.17, 15) is 9.59 Å². The first-order valence-corrected chi connectivity index (χ1v) is 9.70. The number of benzene rings is 3. The number of halogens is 1. The minimum atomic E-state index is -0.608. The van der Waals surface area contributed by atoms with Crippen molar-refractivity contribution < 1.29 is 23.4 Å². The van der Waals surface area contributed by atoms with Gasteiger partial charge in [0.2, 0.25) is 11.2 Å². The van der Waals surface area contributed by atoms with Gasteiger partial charge in [-0.05, 0) is 55.5 Å². The van der Waals surface area contributed by atoms with Gasteiger partial charge in [-0.2, -0.15) is 0 Å². The van der Waals surface area contributed by atoms with Gasteiger partial charge in [0.1, 0.15) is 28.6 Å². The summed E-state index contributed by atoms with van der Waals surface area (Å²) in [7, 11) is 1.57. The minimum absolute atomic E-state index is 0.0819. The number of rotatable bonds is 5. The van der Waals surface area contributed by atoms with Gasteiger partial charge in [0.25, 0.3) is 0 Å². The molecule has 0 aliphatic heterocycles. The molecule has 0 amide bonds. The monoisotopic (exact) mass is 436 g/mol. The van der Waals surface area contributed by atoms with Crippen LogP contribution in [-0.4, -0.2) is 13.1 Å². The smallest absolute Gasteiger partial charge is 0.345 e. The van der Waals surface area contributed by atoms with Gasteiger partial charge in [0, 0.05) is 6.07 Å². The molecule has 31 heavy (non-hydrogen) atoms. The standard InChI is InChI=1S/C24H17ClO6/c1-14-23(30-16-9-7-15(28-2)8-10-16)22(26)19-12-11-17(13-21(19)29-14)31-24(27)18-5-3-4-6-20(18)25/h3-13H,1-2H3. The zero-order valence-corrected chi connectivity index (χ0v) is 17.4. The zero-order chi connectivity index (χ0) is 22.0. The third-order valence-electron chi connectivity index (χ3n) is 4.57. The highest BCUT2D eigenvalue weighted by atomic mass is 35.5. The fraction of sp³-hybridized carbons (Fsp3) is 0.0833. The molecule has 0 N–H and O–H groups in total. The van der Waals surface area contributed by atoms with Crippen LogP contribution < -0.4 is 19.6 Å². The second-order valence-corrected chi connectivity index (χ2v) is 7.03. The normalized spacial score (nSPS) is 10.7. The van der Waals surface area contributed by atoms with Crippen molar-refractivity contribution in [3.63, 3.8) is 0 Å². The highest BCUT2D eigenvalue weighted by Gasteiger charge is 2.17. The molecule has 7 heteroatoms. The van der Waals surface area contributed by atoms with Gasteiger partial charge < -0.3 is 18.6 Å². The first kappa shape index (κ1) is 20.5. The highest BCUT2D eigenvalue weighted by Crippen LogP contribution is 2.28. The average Bonchev–Trinajstić information content (AvgIpc) is 2.77. The number of fused-ring (bicyclic) bond motifs is 1. The lowest BCUT2D eigenvalue weighted by atomic mass is 10.2. The Kier molecular flexibility index (Phi) is 5.64. The Morgan fingerprint density at radius 1 is 0.935 bits per heavy atom. The van der Waals surface area contributed by atoms with Gasteiger partial charge in [0.05, 0.1) is 23.1 Å². The molecule has 0 spiro atoms. The molecule has 1 aromatic heterocycles. The van der Waals surface area contributed by atoms with Crippen LogP contribution in [0.2, 0.25) is 5.02 Å². The quantitative estimate of drug-likeness (QED) is 0.292. The van der Waals surface area contributed by atoms with Crippen molar-refractivity contribution in [2.24, 2.45) is 0 Å². The summed E-state index contributed by atoms with van der Waals surface area (Å²) in [5.74, 6) is 1.14. The molecule has 156 valence electrons. The van der Waals surface area contributed by atoms with Gasteiger partial charge in [0.15, 0.2) is 0 Å². The van der Waals surface area contributed by atoms with Crippen LogP contribution in [-0.2, 0) is 0 Å². The summed E-state index contributed by atoms with van der Waals surface area (Å²) in [5, 5.41) is 0.586. The number of esters is 1. The third-order valence-corrected chi connectivity index (χ3v) is 4.90. The van der Waals surface area contributed by atoms with Crippen molar-refractivity contribution in [1.29, 1.82) is 0 Å². The van der Waals surface area contributed by atoms with Crippen molar-refractivity contribution in [2.75, 3.05) is 7.11 Å². The van der Waals surface area contributed by atoms with Crippen LogP contribution in [0.3, 0.4) is 0 Å². The Morgan fingerprint density at radius 2 is 1.61 bits per heavy atom. The summed E-state index contributed by atoms with van der Waals surface area (Å²) >= 11 is 6.04. The molecule has 0 unspecified atom stereocenters. The van der Waals surface area contributed by atoms with E-state index in [1.807, 2.05) is 0 Å². The Labute approximate surface area is 182 Å². The van der Waals surface area contributed by atoms with Gasteiger partial charge >= 0.3 is 5.97 Å². The zero-order valence-electron chi connectivity index (χ0n) is 16.7. The highest BCUT2D eigenvalue weighted by molar-refractivity contribution is 6.33. The molecule has 4 aromatic rings. The summed E-state index contributed by atoms with van der Waals surface area (Å²) < 4.78 is 22.0. The van der Waals surface area contributed by atoms with E-state index in [0.717, 1.165) is 0 Å². The molecule has 4 rings (SSSR count). The maximum absolute atomic E-state index is 12.9. The predicted octanol–water partition coefficient (Wildman–Crippen LogP) is 5.77. The second-order valence-electron chi connectivity index (χ2n) is 6.62. The fourth-order valence-corrected chi connectivity index (χ4v) is 3.21. The van der Waals surface area contributed by atoms with Crippen molar-refractivity contribution in [1.82, 2.24) is 0 Å². The molecular formula is C24H17ClO6. The van der Waals surface area contributed by atoms with E-state index in [4.69, 9.17) is 30.2 Å². The van der Waals surface area contributed by atoms with Crippen LogP contribution in [0.5, 0.6) is 23.0 Å². The number of carbonyl (C=O) groups excluding carboxylic acids is 1. The van der Waals surface area contributed by atoms with Crippen molar-refractivity contribution in [3.8, 4) is 23.0 Å². The van der Waals surface area contributed by atoms with Crippen LogP contribution in [0.1, 0.15) is 16.1 Å². The van der Waals surface area contributed by atoms with E-state index >= 15 is 0 Å². The second kappa shape index (κ2) is 8.53. The molecule has 0 bridgehead atoms. The Bertz CT molecular complexity index is 1320. The van der Waals surface area contributed by atoms with Crippen LogP contribution in [0.25, 0.3) is 11.0 Å². The molecular weight excluding hydrogens is 420 g/mol. The fourth-order valence-electron chi connectivity index (χ4n) is 3.00. The molecule has 0 atom stereocenters. The summed E-state index contributed by atoms with van der Waals surface area (Å²) in [6.07, 6.45) is 0. The number of ether oxygens (including phenoxy) is 3. The maximum atomic E-state index is 12.9. The van der Waals surface area contributed by atoms with Crippen LogP contribution in [0.4, 0.5) is 0 Å². The van der Waals surface area contributed by atoms with Crippen molar-refractivity contribution in [3.05, 3.63) is 93.3 Å². The summed E-state index contributed by atoms with van der Waals surface area (Å²) in [5.41, 5.74) is 0.178. The van der Waals surface area contributed by atoms with E-state index in [1.54, 1.807) is 62.6 Å². The molecule has 1 heterocycles. The first-order valence-electron chi connectivity index (χ1n) is 9.32. The molecule has 0 saturated heterocycles. The van der Waals surface area contributed by atoms with E-state index in [-0.39, 0.29) is 33.1 Å². The molecule has 0 saturated carbocycles. The van der Waals surface area contributed by atoms with Crippen molar-refractivity contribution in [2.45, 2.75) is 6.92 Å². The number of carbonyl (C=O) groups is 1. The SMILES string of the molecule is COc1ccc(Oc2c(C)oc3cc(OC(=O)c4ccccc4Cl)ccc3c2=O)cc1. The van der Waals surface area contributed by atoms with Crippen LogP contribution in [0, 0.1) is 6.92 Å². The van der Waals surface area contributed by atoms with Crippen LogP contribution >= 0.6 is 11.6 Å². The number of methoxy groups -OCH3 is 1. The topological polar surface area (TPSA) is 75.0 Å². The minimum Gasteiger partial charge on any atom is -0.497 e. The van der Waals surface area contributed by atoms with Gasteiger partial charge in [-0.25, -0.2) is 4.79 Å². The molecule has 6 nitrogen and oxygen atoms in total. The Hall–Kier alpha value is -3.77. The maximum Gasteiger partial charge on any atom is 0.345 e. The van der Waals surface area contributed by atoms with Gasteiger partial charge in [-0.3, -0.25) is 4.79 Å². The Balaban J connectivity index is 1.63. The first-order chi connectivity index (χ1) is 15.0. The number of hydrogen-bond donors (Lipinski definition) is 0. The van der Waals surface area contributed by atoms with E-state index < -0.39 is 5.97 Å². The lowest BCUT2D eigenvalue weighted by Crippen LogP contribution is -2.10. The summed E-state index contributed by atoms with van der Waals surface area (Å²) in [6, 6.07) is 17.9. The third kappa shape index (κ3) is 4.25. The van der Waals surface area contributed by atoms with E-state index in [1.165, 1.54) is 18.2 Å². The lowest BCUT2D eigenvalue weighted by Gasteiger charge is -2.10. The van der Waals surface area contributed by atoms with Gasteiger partial charge in [-0.15, -0.1) is 0 Å². The Morgan fingerprint density at radius 3 is 2.32 bits per heavy atom. The molecule has 0 aliphatic rings. The van der Waals surface area contributed by atoms with Crippen molar-refractivity contribution >= 4 is 28.5 Å². The lowest BCUT2D eigenvalue weighted by molar-refractivity contribution is 0.0735. The summed E-state index contributed by atoms with van der Waals surface area (Å²) in [6.45, 7) is 1.63. The number of hydrogen-bond acceptors (Lipinski definition) is 6. The van der Waals surface area contributed by atoms with Gasteiger partial charge in [-0.1, -0.05) is 23.7 Å². The average molecular weight is 437 g/mol. The van der Waals surface area contributed by atoms with E-state index in [0.29, 0.717) is 22.6 Å². The molecule has 0 radical (unpaired) electrons. The molecule has 0 aliphatic carbocycles. The predicted molar refractivity (Wildman–Crippen MR) is 117 cm³/mol. The summed E-state index contributed by atoms with van der Waals surface area (Å²) in [4.78, 5) is 25.3. The molecule has 3 aromatic carbocycles. The van der Waals surface area contributed by atoms with Crippen LogP contribution in [0.15, 0.2) is 75.9 Å². The van der Waals surface area contributed by atoms with E-state index in [2.05, 4.69) is 0 Å². The number of aryl methyl sites for hydroxylation is 1.